The highest BCUT2D eigenvalue weighted by atomic mass is 35.5. The lowest BCUT2D eigenvalue weighted by Crippen LogP contribution is -2.12. The molecule has 0 amide bonds. The Bertz CT molecular complexity index is 488. The van der Waals surface area contributed by atoms with Crippen molar-refractivity contribution in [3.63, 3.8) is 0 Å². The number of Topliss-reactive ketones (excluding diaryl/α,β-unsaturated/α-hetero) is 1. The van der Waals surface area contributed by atoms with Crippen LogP contribution in [-0.4, -0.2) is 25.5 Å². The van der Waals surface area contributed by atoms with Crippen LogP contribution in [0.3, 0.4) is 0 Å². The first kappa shape index (κ1) is 14.2. The number of ketones is 1. The van der Waals surface area contributed by atoms with Crippen LogP contribution in [0.25, 0.3) is 0 Å². The Balaban J connectivity index is 2.54. The maximum absolute atomic E-state index is 12.2. The fourth-order valence-electron chi connectivity index (χ4n) is 2.23. The standard InChI is InChI=1S/C14H18ClNO3/c1-2-9-13(11(17)4-5-16)10(15)8-12-14(9)19-7-3-6-18-12/h8H,2-7,16H2,1H3. The summed E-state index contributed by atoms with van der Waals surface area (Å²) >= 11 is 6.23. The van der Waals surface area contributed by atoms with Crippen LogP contribution >= 0.6 is 11.6 Å². The van der Waals surface area contributed by atoms with E-state index in [1.807, 2.05) is 6.92 Å². The number of rotatable bonds is 4. The average molecular weight is 284 g/mol. The smallest absolute Gasteiger partial charge is 0.166 e. The number of nitrogens with two attached hydrogens (primary N) is 1. The van der Waals surface area contributed by atoms with Crippen molar-refractivity contribution in [1.29, 1.82) is 0 Å². The predicted molar refractivity (Wildman–Crippen MR) is 74.4 cm³/mol. The van der Waals surface area contributed by atoms with Crippen LogP contribution in [0.4, 0.5) is 0 Å². The van der Waals surface area contributed by atoms with Gasteiger partial charge in [0.1, 0.15) is 0 Å². The van der Waals surface area contributed by atoms with Crippen LogP contribution in [0.2, 0.25) is 5.02 Å². The fourth-order valence-corrected chi connectivity index (χ4v) is 2.55. The quantitative estimate of drug-likeness (QED) is 0.863. The molecule has 1 aromatic rings. The van der Waals surface area contributed by atoms with Gasteiger partial charge in [0.05, 0.1) is 18.2 Å². The molecule has 1 aromatic carbocycles. The van der Waals surface area contributed by atoms with Crippen LogP contribution in [0.15, 0.2) is 6.07 Å². The number of fused-ring (bicyclic) bond motifs is 1. The van der Waals surface area contributed by atoms with Gasteiger partial charge in [-0.2, -0.15) is 0 Å². The first-order valence-corrected chi connectivity index (χ1v) is 6.91. The van der Waals surface area contributed by atoms with E-state index < -0.39 is 0 Å². The Hall–Kier alpha value is -1.26. The molecule has 19 heavy (non-hydrogen) atoms. The van der Waals surface area contributed by atoms with Crippen molar-refractivity contribution in [3.8, 4) is 11.5 Å². The molecule has 2 rings (SSSR count). The van der Waals surface area contributed by atoms with Crippen molar-refractivity contribution < 1.29 is 14.3 Å². The molecule has 5 heteroatoms. The number of hydrogen-bond acceptors (Lipinski definition) is 4. The molecule has 0 fully saturated rings. The van der Waals surface area contributed by atoms with Crippen LogP contribution < -0.4 is 15.2 Å². The highest BCUT2D eigenvalue weighted by molar-refractivity contribution is 6.34. The van der Waals surface area contributed by atoms with E-state index in [2.05, 4.69) is 0 Å². The van der Waals surface area contributed by atoms with E-state index in [-0.39, 0.29) is 12.2 Å². The molecule has 0 bridgehead atoms. The van der Waals surface area contributed by atoms with Crippen molar-refractivity contribution >= 4 is 17.4 Å². The van der Waals surface area contributed by atoms with Gasteiger partial charge in [0, 0.05) is 30.0 Å². The lowest BCUT2D eigenvalue weighted by Gasteiger charge is -2.16. The second-order valence-corrected chi connectivity index (χ2v) is 4.81. The Morgan fingerprint density at radius 1 is 1.42 bits per heavy atom. The minimum absolute atomic E-state index is 0.0417. The van der Waals surface area contributed by atoms with Gasteiger partial charge in [0.2, 0.25) is 0 Å². The maximum Gasteiger partial charge on any atom is 0.166 e. The Labute approximate surface area is 117 Å². The van der Waals surface area contributed by atoms with Gasteiger partial charge < -0.3 is 15.2 Å². The number of benzene rings is 1. The summed E-state index contributed by atoms with van der Waals surface area (Å²) < 4.78 is 11.3. The summed E-state index contributed by atoms with van der Waals surface area (Å²) in [5.41, 5.74) is 6.80. The third-order valence-electron chi connectivity index (χ3n) is 3.09. The zero-order valence-electron chi connectivity index (χ0n) is 11.0. The number of ether oxygens (including phenoxy) is 2. The molecule has 1 aliphatic heterocycles. The van der Waals surface area contributed by atoms with Gasteiger partial charge in [0.15, 0.2) is 17.3 Å². The van der Waals surface area contributed by atoms with Crippen LogP contribution in [-0.2, 0) is 6.42 Å². The Kier molecular flexibility index (Phi) is 4.66. The van der Waals surface area contributed by atoms with E-state index in [9.17, 15) is 4.79 Å². The van der Waals surface area contributed by atoms with Crippen molar-refractivity contribution in [1.82, 2.24) is 0 Å². The molecule has 0 spiro atoms. The molecule has 0 unspecified atom stereocenters. The van der Waals surface area contributed by atoms with Crippen molar-refractivity contribution in [2.24, 2.45) is 5.73 Å². The third-order valence-corrected chi connectivity index (χ3v) is 3.39. The summed E-state index contributed by atoms with van der Waals surface area (Å²) in [5, 5.41) is 0.416. The van der Waals surface area contributed by atoms with Gasteiger partial charge in [-0.05, 0) is 13.0 Å². The van der Waals surface area contributed by atoms with Crippen molar-refractivity contribution in [3.05, 3.63) is 22.2 Å². The van der Waals surface area contributed by atoms with E-state index >= 15 is 0 Å². The molecule has 4 nitrogen and oxygen atoms in total. The molecular formula is C14H18ClNO3. The minimum Gasteiger partial charge on any atom is -0.489 e. The largest absolute Gasteiger partial charge is 0.489 e. The first-order chi connectivity index (χ1) is 9.19. The highest BCUT2D eigenvalue weighted by Gasteiger charge is 2.23. The van der Waals surface area contributed by atoms with E-state index in [1.54, 1.807) is 6.07 Å². The molecule has 2 N–H and O–H groups in total. The maximum atomic E-state index is 12.2. The number of hydrogen-bond donors (Lipinski definition) is 1. The lowest BCUT2D eigenvalue weighted by atomic mass is 9.98. The molecule has 0 atom stereocenters. The molecule has 0 saturated heterocycles. The van der Waals surface area contributed by atoms with Gasteiger partial charge in [-0.25, -0.2) is 0 Å². The second-order valence-electron chi connectivity index (χ2n) is 4.41. The monoisotopic (exact) mass is 283 g/mol. The summed E-state index contributed by atoms with van der Waals surface area (Å²) in [4.78, 5) is 12.2. The van der Waals surface area contributed by atoms with Crippen molar-refractivity contribution in [2.75, 3.05) is 19.8 Å². The second kappa shape index (κ2) is 6.26. The Morgan fingerprint density at radius 2 is 2.16 bits per heavy atom. The summed E-state index contributed by atoms with van der Waals surface area (Å²) in [6, 6.07) is 1.67. The van der Waals surface area contributed by atoms with Crippen LogP contribution in [0, 0.1) is 0 Å². The summed E-state index contributed by atoms with van der Waals surface area (Å²) in [5.74, 6) is 1.24. The lowest BCUT2D eigenvalue weighted by molar-refractivity contribution is 0.0984. The SMILES string of the molecule is CCc1c2c(cc(Cl)c1C(=O)CCN)OCCCO2. The highest BCUT2D eigenvalue weighted by Crippen LogP contribution is 2.40. The summed E-state index contributed by atoms with van der Waals surface area (Å²) in [6.07, 6.45) is 1.77. The topological polar surface area (TPSA) is 61.6 Å². The van der Waals surface area contributed by atoms with Crippen molar-refractivity contribution in [2.45, 2.75) is 26.2 Å². The summed E-state index contributed by atoms with van der Waals surface area (Å²) in [7, 11) is 0. The molecule has 0 saturated carbocycles. The first-order valence-electron chi connectivity index (χ1n) is 6.53. The Morgan fingerprint density at radius 3 is 2.84 bits per heavy atom. The molecule has 0 aromatic heterocycles. The normalized spacial score (nSPS) is 14.1. The van der Waals surface area contributed by atoms with Gasteiger partial charge in [-0.3, -0.25) is 4.79 Å². The minimum atomic E-state index is -0.0417. The van der Waals surface area contributed by atoms with Gasteiger partial charge in [0.25, 0.3) is 0 Å². The van der Waals surface area contributed by atoms with Gasteiger partial charge in [-0.1, -0.05) is 18.5 Å². The van der Waals surface area contributed by atoms with Gasteiger partial charge >= 0.3 is 0 Å². The summed E-state index contributed by atoms with van der Waals surface area (Å²) in [6.45, 7) is 3.47. The average Bonchev–Trinajstić information content (AvgIpc) is 2.62. The molecular weight excluding hydrogens is 266 g/mol. The fraction of sp³-hybridized carbons (Fsp3) is 0.500. The van der Waals surface area contributed by atoms with Crippen LogP contribution in [0.1, 0.15) is 35.7 Å². The zero-order chi connectivity index (χ0) is 13.8. The molecule has 1 aliphatic rings. The van der Waals surface area contributed by atoms with E-state index in [0.717, 1.165) is 12.0 Å². The molecule has 0 aliphatic carbocycles. The number of carbonyl (C=O) groups is 1. The zero-order valence-corrected chi connectivity index (χ0v) is 11.8. The van der Waals surface area contributed by atoms with E-state index in [4.69, 9.17) is 26.8 Å². The number of halogens is 1. The third kappa shape index (κ3) is 2.85. The van der Waals surface area contributed by atoms with E-state index in [1.165, 1.54) is 0 Å². The van der Waals surface area contributed by atoms with E-state index in [0.29, 0.717) is 48.3 Å². The molecule has 0 radical (unpaired) electrons. The molecule has 1 heterocycles. The predicted octanol–water partition coefficient (Wildman–Crippen LogP) is 2.60. The molecule has 104 valence electrons. The van der Waals surface area contributed by atoms with Gasteiger partial charge in [-0.15, -0.1) is 0 Å². The number of carbonyl (C=O) groups excluding carboxylic acids is 1. The van der Waals surface area contributed by atoms with Crippen LogP contribution in [0.5, 0.6) is 11.5 Å².